The molecule has 0 radical (unpaired) electrons. The van der Waals surface area contributed by atoms with E-state index in [1.807, 2.05) is 6.07 Å². The molecule has 170 valence electrons. The van der Waals surface area contributed by atoms with Crippen LogP contribution in [0.5, 0.6) is 0 Å². The first kappa shape index (κ1) is 23.9. The predicted molar refractivity (Wildman–Crippen MR) is 118 cm³/mol. The molecular formula is C23H19F2N3O4S. The molecule has 33 heavy (non-hydrogen) atoms. The summed E-state index contributed by atoms with van der Waals surface area (Å²) in [4.78, 5) is 37.6. The van der Waals surface area contributed by atoms with Gasteiger partial charge in [-0.15, -0.1) is 0 Å². The van der Waals surface area contributed by atoms with Crippen molar-refractivity contribution in [3.8, 4) is 6.07 Å². The second-order valence-corrected chi connectivity index (χ2v) is 7.90. The number of hydrogen-bond acceptors (Lipinski definition) is 6. The Morgan fingerprint density at radius 1 is 1.18 bits per heavy atom. The van der Waals surface area contributed by atoms with Gasteiger partial charge in [0.15, 0.2) is 0 Å². The third kappa shape index (κ3) is 5.56. The number of nitriles is 1. The van der Waals surface area contributed by atoms with E-state index in [2.05, 4.69) is 10.6 Å². The number of carbonyl (C=O) groups excluding carboxylic acids is 3. The lowest BCUT2D eigenvalue weighted by Crippen LogP contribution is -2.44. The summed E-state index contributed by atoms with van der Waals surface area (Å²) >= 11 is 0.860. The average molecular weight is 471 g/mol. The van der Waals surface area contributed by atoms with E-state index in [9.17, 15) is 28.4 Å². The number of nitrogens with zero attached hydrogens (tertiary/aromatic N) is 1. The first-order valence-corrected chi connectivity index (χ1v) is 10.9. The highest BCUT2D eigenvalue weighted by atomic mass is 32.2. The SMILES string of the molecule is CCOC(=O)[C@@H]1C(=O)NC(SCC(=O)Nc2ccc(F)cc2)=C(C#N)[C@H]1c1ccccc1F. The van der Waals surface area contributed by atoms with E-state index in [0.29, 0.717) is 5.69 Å². The fraction of sp³-hybridized carbons (Fsp3) is 0.217. The molecule has 0 unspecified atom stereocenters. The number of amides is 2. The maximum atomic E-state index is 14.6. The van der Waals surface area contributed by atoms with Gasteiger partial charge in [-0.1, -0.05) is 30.0 Å². The van der Waals surface area contributed by atoms with E-state index in [0.717, 1.165) is 11.8 Å². The summed E-state index contributed by atoms with van der Waals surface area (Å²) in [6, 6.07) is 12.7. The van der Waals surface area contributed by atoms with E-state index in [1.54, 1.807) is 6.92 Å². The van der Waals surface area contributed by atoms with Crippen molar-refractivity contribution in [2.24, 2.45) is 5.92 Å². The molecule has 0 spiro atoms. The highest BCUT2D eigenvalue weighted by Gasteiger charge is 2.45. The molecular weight excluding hydrogens is 452 g/mol. The third-order valence-electron chi connectivity index (χ3n) is 4.79. The molecule has 2 aromatic carbocycles. The lowest BCUT2D eigenvalue weighted by Gasteiger charge is -2.31. The largest absolute Gasteiger partial charge is 0.465 e. The van der Waals surface area contributed by atoms with Crippen molar-refractivity contribution in [1.29, 1.82) is 5.26 Å². The van der Waals surface area contributed by atoms with Gasteiger partial charge in [0.05, 0.1) is 29.0 Å². The molecule has 0 saturated heterocycles. The van der Waals surface area contributed by atoms with Gasteiger partial charge < -0.3 is 15.4 Å². The molecule has 1 aliphatic heterocycles. The Bertz CT molecular complexity index is 1150. The zero-order valence-electron chi connectivity index (χ0n) is 17.4. The highest BCUT2D eigenvalue weighted by Crippen LogP contribution is 2.41. The van der Waals surface area contributed by atoms with Gasteiger partial charge in [0.2, 0.25) is 11.8 Å². The van der Waals surface area contributed by atoms with Gasteiger partial charge in [-0.25, -0.2) is 8.78 Å². The monoisotopic (exact) mass is 471 g/mol. The second kappa shape index (κ2) is 10.7. The number of thioether (sulfide) groups is 1. The molecule has 0 fully saturated rings. The molecule has 1 aliphatic rings. The number of rotatable bonds is 7. The molecule has 2 N–H and O–H groups in total. The molecule has 2 atom stereocenters. The van der Waals surface area contributed by atoms with Gasteiger partial charge in [0.1, 0.15) is 17.6 Å². The lowest BCUT2D eigenvalue weighted by molar-refractivity contribution is -0.152. The van der Waals surface area contributed by atoms with Crippen molar-refractivity contribution in [1.82, 2.24) is 5.32 Å². The molecule has 2 amide bonds. The van der Waals surface area contributed by atoms with Gasteiger partial charge in [-0.05, 0) is 42.8 Å². The zero-order chi connectivity index (χ0) is 24.0. The minimum Gasteiger partial charge on any atom is -0.465 e. The summed E-state index contributed by atoms with van der Waals surface area (Å²) in [6.07, 6.45) is 0. The fourth-order valence-corrected chi connectivity index (χ4v) is 4.20. The topological polar surface area (TPSA) is 108 Å². The summed E-state index contributed by atoms with van der Waals surface area (Å²) in [5.74, 6) is -6.13. The first-order valence-electron chi connectivity index (χ1n) is 9.90. The molecule has 2 aromatic rings. The Morgan fingerprint density at radius 3 is 2.52 bits per heavy atom. The van der Waals surface area contributed by atoms with Crippen molar-refractivity contribution in [3.05, 3.63) is 76.3 Å². The van der Waals surface area contributed by atoms with E-state index in [4.69, 9.17) is 4.74 Å². The molecule has 10 heteroatoms. The number of anilines is 1. The lowest BCUT2D eigenvalue weighted by atomic mass is 9.78. The van der Waals surface area contributed by atoms with Crippen molar-refractivity contribution in [2.45, 2.75) is 12.8 Å². The van der Waals surface area contributed by atoms with Crippen LogP contribution in [0, 0.1) is 28.9 Å². The van der Waals surface area contributed by atoms with Gasteiger partial charge in [0.25, 0.3) is 0 Å². The third-order valence-corrected chi connectivity index (χ3v) is 5.80. The van der Waals surface area contributed by atoms with Gasteiger partial charge >= 0.3 is 5.97 Å². The van der Waals surface area contributed by atoms with Crippen LogP contribution in [-0.2, 0) is 19.1 Å². The molecule has 1 heterocycles. The number of esters is 1. The van der Waals surface area contributed by atoms with Crippen LogP contribution in [0.25, 0.3) is 0 Å². The average Bonchev–Trinajstić information content (AvgIpc) is 2.79. The van der Waals surface area contributed by atoms with Crippen molar-refractivity contribution in [2.75, 3.05) is 17.7 Å². The molecule has 3 rings (SSSR count). The normalized spacial score (nSPS) is 17.7. The minimum absolute atomic E-state index is 0.00334. The van der Waals surface area contributed by atoms with Crippen LogP contribution in [0.1, 0.15) is 18.4 Å². The van der Waals surface area contributed by atoms with E-state index in [1.165, 1.54) is 48.5 Å². The van der Waals surface area contributed by atoms with E-state index >= 15 is 0 Å². The first-order chi connectivity index (χ1) is 15.8. The summed E-state index contributed by atoms with van der Waals surface area (Å²) in [7, 11) is 0. The van der Waals surface area contributed by atoms with Crippen LogP contribution >= 0.6 is 11.8 Å². The van der Waals surface area contributed by atoms with Crippen LogP contribution in [0.4, 0.5) is 14.5 Å². The standard InChI is InChI=1S/C23H19F2N3O4S/c1-2-32-23(31)20-19(15-5-3-4-6-17(15)25)16(11-26)22(28-21(20)30)33-12-18(29)27-14-9-7-13(24)8-10-14/h3-10,19-20H,2,12H2,1H3,(H,27,29)(H,28,30)/t19-,20+/m1/s1. The minimum atomic E-state index is -1.46. The molecule has 0 aliphatic carbocycles. The summed E-state index contributed by atoms with van der Waals surface area (Å²) in [6.45, 7) is 1.57. The Kier molecular flexibility index (Phi) is 7.79. The zero-order valence-corrected chi connectivity index (χ0v) is 18.2. The van der Waals surface area contributed by atoms with Crippen LogP contribution in [0.3, 0.4) is 0 Å². The summed E-state index contributed by atoms with van der Waals surface area (Å²) in [5, 5.41) is 14.9. The summed E-state index contributed by atoms with van der Waals surface area (Å²) in [5.41, 5.74) is 0.309. The number of hydrogen-bond donors (Lipinski definition) is 2. The van der Waals surface area contributed by atoms with Crippen molar-refractivity contribution in [3.63, 3.8) is 0 Å². The number of benzene rings is 2. The summed E-state index contributed by atoms with van der Waals surface area (Å²) < 4.78 is 32.6. The van der Waals surface area contributed by atoms with Crippen LogP contribution in [0.2, 0.25) is 0 Å². The number of allylic oxidation sites excluding steroid dienone is 1. The Balaban J connectivity index is 1.90. The van der Waals surface area contributed by atoms with E-state index in [-0.39, 0.29) is 28.5 Å². The number of carbonyl (C=O) groups is 3. The quantitative estimate of drug-likeness (QED) is 0.473. The Hall–Kier alpha value is -3.71. The van der Waals surface area contributed by atoms with Crippen LogP contribution in [-0.4, -0.2) is 30.1 Å². The van der Waals surface area contributed by atoms with Crippen LogP contribution < -0.4 is 10.6 Å². The highest BCUT2D eigenvalue weighted by molar-refractivity contribution is 8.03. The Morgan fingerprint density at radius 2 is 1.88 bits per heavy atom. The maximum Gasteiger partial charge on any atom is 0.319 e. The van der Waals surface area contributed by atoms with Crippen molar-refractivity contribution < 1.29 is 27.9 Å². The molecule has 7 nitrogen and oxygen atoms in total. The van der Waals surface area contributed by atoms with Crippen molar-refractivity contribution >= 4 is 35.2 Å². The smallest absolute Gasteiger partial charge is 0.319 e. The van der Waals surface area contributed by atoms with Gasteiger partial charge in [-0.3, -0.25) is 14.4 Å². The number of nitrogens with one attached hydrogen (secondary N) is 2. The Labute approximate surface area is 192 Å². The fourth-order valence-electron chi connectivity index (χ4n) is 3.36. The molecule has 0 bridgehead atoms. The van der Waals surface area contributed by atoms with Gasteiger partial charge in [-0.2, -0.15) is 5.26 Å². The molecule has 0 saturated carbocycles. The molecule has 0 aromatic heterocycles. The maximum absolute atomic E-state index is 14.6. The van der Waals surface area contributed by atoms with Gasteiger partial charge in [0, 0.05) is 11.6 Å². The number of ether oxygens (including phenoxy) is 1. The van der Waals surface area contributed by atoms with Crippen LogP contribution in [0.15, 0.2) is 59.1 Å². The van der Waals surface area contributed by atoms with E-state index < -0.39 is 41.3 Å². The predicted octanol–water partition coefficient (Wildman–Crippen LogP) is 3.46. The second-order valence-electron chi connectivity index (χ2n) is 6.92. The number of halogens is 2.